The maximum Gasteiger partial charge on any atom is -0.0255 e. The number of allylic oxidation sites excluding steroid dienone is 1. The summed E-state index contributed by atoms with van der Waals surface area (Å²) >= 11 is 0. The Morgan fingerprint density at radius 1 is 1.13 bits per heavy atom. The third-order valence-electron chi connectivity index (χ3n) is 2.27. The maximum atomic E-state index is 2.29. The van der Waals surface area contributed by atoms with Gasteiger partial charge in [0.2, 0.25) is 0 Å². The van der Waals surface area contributed by atoms with Gasteiger partial charge in [0.25, 0.3) is 0 Å². The van der Waals surface area contributed by atoms with Gasteiger partial charge in [-0.2, -0.15) is 0 Å². The summed E-state index contributed by atoms with van der Waals surface area (Å²) in [4.78, 5) is 0. The van der Waals surface area contributed by atoms with Gasteiger partial charge in [0.05, 0.1) is 0 Å². The second-order valence-corrected chi connectivity index (χ2v) is 4.95. The first-order valence-electron chi connectivity index (χ1n) is 5.85. The van der Waals surface area contributed by atoms with Crippen molar-refractivity contribution < 1.29 is 0 Å². The lowest BCUT2D eigenvalue weighted by molar-refractivity contribution is 0.647. The summed E-state index contributed by atoms with van der Waals surface area (Å²) in [7, 11) is 0. The van der Waals surface area contributed by atoms with E-state index >= 15 is 0 Å². The molecule has 0 atom stereocenters. The van der Waals surface area contributed by atoms with E-state index in [2.05, 4.69) is 64.1 Å². The molecule has 0 nitrogen and oxygen atoms in total. The molecule has 0 spiro atoms. The topological polar surface area (TPSA) is 0 Å². The maximum absolute atomic E-state index is 2.29. The zero-order valence-electron chi connectivity index (χ0n) is 10.3. The van der Waals surface area contributed by atoms with Crippen molar-refractivity contribution in [2.24, 2.45) is 11.8 Å². The fraction of sp³-hybridized carbons (Fsp3) is 0.467. The SMILES string of the molecule is CC(C)/C=C/c1cccc(CC(C)C)c1. The van der Waals surface area contributed by atoms with Crippen molar-refractivity contribution in [1.82, 2.24) is 0 Å². The Balaban J connectivity index is 2.74. The first-order chi connectivity index (χ1) is 7.08. The number of hydrogen-bond donors (Lipinski definition) is 0. The lowest BCUT2D eigenvalue weighted by Crippen LogP contribution is -1.93. The van der Waals surface area contributed by atoms with E-state index in [0.717, 1.165) is 5.92 Å². The van der Waals surface area contributed by atoms with Crippen LogP contribution in [-0.2, 0) is 6.42 Å². The highest BCUT2D eigenvalue weighted by atomic mass is 14.0. The standard InChI is InChI=1S/C15H22/c1-12(2)8-9-14-6-5-7-15(11-14)10-13(3)4/h5-9,11-13H,10H2,1-4H3/b9-8+. The van der Waals surface area contributed by atoms with E-state index in [9.17, 15) is 0 Å². The molecule has 0 aromatic heterocycles. The van der Waals surface area contributed by atoms with Crippen molar-refractivity contribution in [1.29, 1.82) is 0 Å². The van der Waals surface area contributed by atoms with Crippen LogP contribution in [0.1, 0.15) is 38.8 Å². The molecule has 0 saturated carbocycles. The molecule has 0 fully saturated rings. The third-order valence-corrected chi connectivity index (χ3v) is 2.27. The van der Waals surface area contributed by atoms with Crippen LogP contribution in [-0.4, -0.2) is 0 Å². The largest absolute Gasteiger partial charge is 0.0814 e. The van der Waals surface area contributed by atoms with E-state index in [1.165, 1.54) is 17.5 Å². The van der Waals surface area contributed by atoms with Gasteiger partial charge in [0.1, 0.15) is 0 Å². The third kappa shape index (κ3) is 4.83. The van der Waals surface area contributed by atoms with Gasteiger partial charge in [-0.1, -0.05) is 64.1 Å². The quantitative estimate of drug-likeness (QED) is 0.671. The van der Waals surface area contributed by atoms with Crippen LogP contribution in [0.4, 0.5) is 0 Å². The second-order valence-electron chi connectivity index (χ2n) is 4.95. The fourth-order valence-electron chi connectivity index (χ4n) is 1.60. The highest BCUT2D eigenvalue weighted by Crippen LogP contribution is 2.12. The summed E-state index contributed by atoms with van der Waals surface area (Å²) < 4.78 is 0. The Morgan fingerprint density at radius 3 is 2.47 bits per heavy atom. The van der Waals surface area contributed by atoms with E-state index in [-0.39, 0.29) is 0 Å². The van der Waals surface area contributed by atoms with Crippen molar-refractivity contribution in [2.75, 3.05) is 0 Å². The molecular formula is C15H22. The Bertz CT molecular complexity index is 319. The highest BCUT2D eigenvalue weighted by Gasteiger charge is 1.97. The van der Waals surface area contributed by atoms with Crippen LogP contribution in [0.3, 0.4) is 0 Å². The Morgan fingerprint density at radius 2 is 1.87 bits per heavy atom. The molecule has 0 aliphatic carbocycles. The number of benzene rings is 1. The van der Waals surface area contributed by atoms with Crippen LogP contribution < -0.4 is 0 Å². The molecule has 0 amide bonds. The van der Waals surface area contributed by atoms with Gasteiger partial charge in [0.15, 0.2) is 0 Å². The zero-order chi connectivity index (χ0) is 11.3. The van der Waals surface area contributed by atoms with E-state index < -0.39 is 0 Å². The molecule has 1 rings (SSSR count). The van der Waals surface area contributed by atoms with E-state index in [4.69, 9.17) is 0 Å². The summed E-state index contributed by atoms with van der Waals surface area (Å²) in [5, 5.41) is 0. The molecule has 0 aliphatic rings. The van der Waals surface area contributed by atoms with Crippen molar-refractivity contribution in [3.05, 3.63) is 41.5 Å². The summed E-state index contributed by atoms with van der Waals surface area (Å²) in [6.45, 7) is 8.93. The van der Waals surface area contributed by atoms with Crippen LogP contribution in [0.25, 0.3) is 6.08 Å². The van der Waals surface area contributed by atoms with E-state index in [0.29, 0.717) is 5.92 Å². The van der Waals surface area contributed by atoms with Gasteiger partial charge < -0.3 is 0 Å². The molecule has 82 valence electrons. The first-order valence-corrected chi connectivity index (χ1v) is 5.85. The molecular weight excluding hydrogens is 180 g/mol. The summed E-state index contributed by atoms with van der Waals surface area (Å²) in [5.41, 5.74) is 2.76. The minimum Gasteiger partial charge on any atom is -0.0814 e. The average molecular weight is 202 g/mol. The predicted molar refractivity (Wildman–Crippen MR) is 68.9 cm³/mol. The van der Waals surface area contributed by atoms with Crippen LogP contribution >= 0.6 is 0 Å². The zero-order valence-corrected chi connectivity index (χ0v) is 10.3. The molecule has 0 unspecified atom stereocenters. The van der Waals surface area contributed by atoms with Gasteiger partial charge in [-0.15, -0.1) is 0 Å². The molecule has 0 N–H and O–H groups in total. The number of hydrogen-bond acceptors (Lipinski definition) is 0. The van der Waals surface area contributed by atoms with Gasteiger partial charge in [0, 0.05) is 0 Å². The molecule has 0 bridgehead atoms. The van der Waals surface area contributed by atoms with Gasteiger partial charge in [-0.3, -0.25) is 0 Å². The first kappa shape index (κ1) is 12.0. The van der Waals surface area contributed by atoms with Gasteiger partial charge in [-0.05, 0) is 29.4 Å². The summed E-state index contributed by atoms with van der Waals surface area (Å²) in [6.07, 6.45) is 5.63. The highest BCUT2D eigenvalue weighted by molar-refractivity contribution is 5.50. The minimum atomic E-state index is 0.624. The molecule has 0 radical (unpaired) electrons. The smallest absolute Gasteiger partial charge is 0.0255 e. The van der Waals surface area contributed by atoms with E-state index in [1.54, 1.807) is 0 Å². The molecule has 1 aromatic carbocycles. The summed E-state index contributed by atoms with van der Waals surface area (Å²) in [6, 6.07) is 8.83. The minimum absolute atomic E-state index is 0.624. The molecule has 15 heavy (non-hydrogen) atoms. The van der Waals surface area contributed by atoms with Crippen LogP contribution in [0.2, 0.25) is 0 Å². The summed E-state index contributed by atoms with van der Waals surface area (Å²) in [5.74, 6) is 1.35. The van der Waals surface area contributed by atoms with Gasteiger partial charge in [-0.25, -0.2) is 0 Å². The Kier molecular flexibility index (Phi) is 4.61. The lowest BCUT2D eigenvalue weighted by atomic mass is 10.0. The number of rotatable bonds is 4. The molecule has 0 heterocycles. The second kappa shape index (κ2) is 5.75. The van der Waals surface area contributed by atoms with Crippen molar-refractivity contribution in [3.63, 3.8) is 0 Å². The average Bonchev–Trinajstić information content (AvgIpc) is 2.14. The predicted octanol–water partition coefficient (Wildman–Crippen LogP) is 4.55. The lowest BCUT2D eigenvalue weighted by Gasteiger charge is -2.05. The van der Waals surface area contributed by atoms with E-state index in [1.807, 2.05) is 0 Å². The van der Waals surface area contributed by atoms with Gasteiger partial charge >= 0.3 is 0 Å². The van der Waals surface area contributed by atoms with Crippen molar-refractivity contribution in [3.8, 4) is 0 Å². The normalized spacial score (nSPS) is 11.9. The fourth-order valence-corrected chi connectivity index (χ4v) is 1.60. The van der Waals surface area contributed by atoms with Crippen molar-refractivity contribution >= 4 is 6.08 Å². The molecule has 0 heteroatoms. The molecule has 1 aromatic rings. The molecule has 0 saturated heterocycles. The Labute approximate surface area is 94.0 Å². The van der Waals surface area contributed by atoms with Crippen molar-refractivity contribution in [2.45, 2.75) is 34.1 Å². The van der Waals surface area contributed by atoms with Crippen LogP contribution in [0.5, 0.6) is 0 Å². The molecule has 0 aliphatic heterocycles. The monoisotopic (exact) mass is 202 g/mol. The Hall–Kier alpha value is -1.04. The van der Waals surface area contributed by atoms with Crippen LogP contribution in [0.15, 0.2) is 30.3 Å². The van der Waals surface area contributed by atoms with Crippen LogP contribution in [0, 0.1) is 11.8 Å².